The molecule has 0 bridgehead atoms. The van der Waals surface area contributed by atoms with Crippen molar-refractivity contribution in [2.75, 3.05) is 18.0 Å². The molecule has 0 aromatic carbocycles. The van der Waals surface area contributed by atoms with Crippen molar-refractivity contribution in [2.24, 2.45) is 7.05 Å². The molecule has 1 unspecified atom stereocenters. The van der Waals surface area contributed by atoms with E-state index in [4.69, 9.17) is 5.26 Å². The maximum Gasteiger partial charge on any atom is 0.156 e. The van der Waals surface area contributed by atoms with Gasteiger partial charge in [0.15, 0.2) is 5.82 Å². The van der Waals surface area contributed by atoms with Gasteiger partial charge in [0, 0.05) is 32.0 Å². The van der Waals surface area contributed by atoms with Gasteiger partial charge in [-0.1, -0.05) is 0 Å². The van der Waals surface area contributed by atoms with E-state index in [1.54, 1.807) is 12.5 Å². The summed E-state index contributed by atoms with van der Waals surface area (Å²) in [6.45, 7) is 3.83. The topological polar surface area (TPSA) is 75.6 Å². The molecular formula is C16H17N7. The highest BCUT2D eigenvalue weighted by atomic mass is 15.3. The second kappa shape index (κ2) is 5.09. The molecule has 23 heavy (non-hydrogen) atoms. The molecule has 1 atom stereocenters. The number of nitrogens with zero attached hydrogens (tertiary/aromatic N) is 7. The maximum atomic E-state index is 8.94. The van der Waals surface area contributed by atoms with Crippen LogP contribution in [0.5, 0.6) is 0 Å². The molecule has 1 aliphatic rings. The number of fused-ring (bicyclic) bond motifs is 1. The van der Waals surface area contributed by atoms with Gasteiger partial charge >= 0.3 is 0 Å². The number of aromatic nitrogens is 5. The third kappa shape index (κ3) is 2.14. The molecule has 3 aromatic rings. The van der Waals surface area contributed by atoms with E-state index >= 15 is 0 Å². The lowest BCUT2D eigenvalue weighted by Gasteiger charge is -2.19. The van der Waals surface area contributed by atoms with Crippen molar-refractivity contribution in [3.63, 3.8) is 0 Å². The molecule has 0 aliphatic carbocycles. The van der Waals surface area contributed by atoms with Gasteiger partial charge in [0.25, 0.3) is 0 Å². The minimum absolute atomic E-state index is 0.267. The average Bonchev–Trinajstić information content (AvgIpc) is 3.27. The van der Waals surface area contributed by atoms with E-state index in [9.17, 15) is 0 Å². The van der Waals surface area contributed by atoms with Crippen molar-refractivity contribution in [1.82, 2.24) is 24.3 Å². The summed E-state index contributed by atoms with van der Waals surface area (Å²) in [5.41, 5.74) is 3.82. The molecule has 4 rings (SSSR count). The third-order valence-corrected chi connectivity index (χ3v) is 4.61. The number of aryl methyl sites for hydroxylation is 2. The molecule has 3 aromatic heterocycles. The molecular weight excluding hydrogens is 290 g/mol. The van der Waals surface area contributed by atoms with Gasteiger partial charge in [0.1, 0.15) is 17.9 Å². The highest BCUT2D eigenvalue weighted by Gasteiger charge is 2.27. The minimum atomic E-state index is 0.267. The number of anilines is 1. The summed E-state index contributed by atoms with van der Waals surface area (Å²) in [6.07, 6.45) is 6.05. The quantitative estimate of drug-likeness (QED) is 0.721. The van der Waals surface area contributed by atoms with Gasteiger partial charge in [0.05, 0.1) is 23.3 Å². The van der Waals surface area contributed by atoms with E-state index in [1.165, 1.54) is 5.69 Å². The number of hydrogen-bond acceptors (Lipinski definition) is 5. The van der Waals surface area contributed by atoms with Crippen molar-refractivity contribution in [3.8, 4) is 6.07 Å². The molecule has 0 saturated carbocycles. The molecule has 1 fully saturated rings. The third-order valence-electron chi connectivity index (χ3n) is 4.61. The van der Waals surface area contributed by atoms with Crippen LogP contribution in [0, 0.1) is 18.3 Å². The average molecular weight is 307 g/mol. The number of nitriles is 1. The van der Waals surface area contributed by atoms with Gasteiger partial charge in [-0.05, 0) is 19.4 Å². The minimum Gasteiger partial charge on any atom is -0.353 e. The smallest absolute Gasteiger partial charge is 0.156 e. The van der Waals surface area contributed by atoms with E-state index < -0.39 is 0 Å². The first-order valence-corrected chi connectivity index (χ1v) is 7.63. The lowest BCUT2D eigenvalue weighted by molar-refractivity contribution is 0.494. The Bertz CT molecular complexity index is 914. The van der Waals surface area contributed by atoms with Crippen molar-refractivity contribution in [3.05, 3.63) is 36.0 Å². The Morgan fingerprint density at radius 1 is 1.35 bits per heavy atom. The molecule has 1 saturated heterocycles. The van der Waals surface area contributed by atoms with Crippen LogP contribution in [0.15, 0.2) is 24.8 Å². The summed E-state index contributed by atoms with van der Waals surface area (Å²) in [7, 11) is 2.05. The van der Waals surface area contributed by atoms with Crippen LogP contribution in [0.2, 0.25) is 0 Å². The lowest BCUT2D eigenvalue weighted by atomic mass is 10.3. The van der Waals surface area contributed by atoms with Crippen LogP contribution in [-0.4, -0.2) is 37.4 Å². The molecule has 116 valence electrons. The largest absolute Gasteiger partial charge is 0.353 e. The Kier molecular flexibility index (Phi) is 3.05. The first-order valence-electron chi connectivity index (χ1n) is 7.63. The lowest BCUT2D eigenvalue weighted by Crippen LogP contribution is -2.23. The van der Waals surface area contributed by atoms with Gasteiger partial charge in [-0.25, -0.2) is 9.97 Å². The molecule has 0 N–H and O–H groups in total. The molecule has 0 amide bonds. The van der Waals surface area contributed by atoms with E-state index in [2.05, 4.69) is 43.6 Å². The summed E-state index contributed by atoms with van der Waals surface area (Å²) >= 11 is 0. The predicted molar refractivity (Wildman–Crippen MR) is 86.1 cm³/mol. The van der Waals surface area contributed by atoms with Crippen LogP contribution in [0.4, 0.5) is 5.82 Å². The van der Waals surface area contributed by atoms with Crippen LogP contribution >= 0.6 is 0 Å². The number of rotatable bonds is 2. The van der Waals surface area contributed by atoms with E-state index in [1.807, 2.05) is 17.9 Å². The zero-order valence-electron chi connectivity index (χ0n) is 13.1. The maximum absolute atomic E-state index is 8.94. The van der Waals surface area contributed by atoms with E-state index in [-0.39, 0.29) is 6.04 Å². The summed E-state index contributed by atoms with van der Waals surface area (Å²) in [5, 5.41) is 13.3. The summed E-state index contributed by atoms with van der Waals surface area (Å²) in [5.74, 6) is 0.973. The molecule has 1 aliphatic heterocycles. The fourth-order valence-electron chi connectivity index (χ4n) is 3.26. The summed E-state index contributed by atoms with van der Waals surface area (Å²) < 4.78 is 4.03. The van der Waals surface area contributed by atoms with Crippen molar-refractivity contribution in [1.29, 1.82) is 5.26 Å². The Morgan fingerprint density at radius 3 is 3.00 bits per heavy atom. The van der Waals surface area contributed by atoms with Gasteiger partial charge < -0.3 is 9.47 Å². The zero-order chi connectivity index (χ0) is 16.0. The highest BCUT2D eigenvalue weighted by Crippen LogP contribution is 2.30. The van der Waals surface area contributed by atoms with Gasteiger partial charge in [-0.3, -0.25) is 4.68 Å². The van der Waals surface area contributed by atoms with Gasteiger partial charge in [-0.15, -0.1) is 0 Å². The fraction of sp³-hybridized carbons (Fsp3) is 0.375. The Labute approximate surface area is 133 Å². The SMILES string of the molecule is Cc1cc2ncnc(N3CCC(n4cc(C#N)cn4)C3)c2n1C. The normalized spacial score (nSPS) is 17.8. The molecule has 0 spiro atoms. The van der Waals surface area contributed by atoms with Gasteiger partial charge in [-0.2, -0.15) is 10.4 Å². The Morgan fingerprint density at radius 2 is 2.22 bits per heavy atom. The number of hydrogen-bond donors (Lipinski definition) is 0. The Hall–Kier alpha value is -2.88. The first kappa shape index (κ1) is 13.8. The molecule has 7 nitrogen and oxygen atoms in total. The Balaban J connectivity index is 1.67. The summed E-state index contributed by atoms with van der Waals surface area (Å²) in [6, 6.07) is 4.48. The van der Waals surface area contributed by atoms with E-state index in [0.717, 1.165) is 36.4 Å². The molecule has 4 heterocycles. The van der Waals surface area contributed by atoms with Crippen LogP contribution in [-0.2, 0) is 7.05 Å². The molecule has 0 radical (unpaired) electrons. The van der Waals surface area contributed by atoms with Crippen molar-refractivity contribution in [2.45, 2.75) is 19.4 Å². The monoisotopic (exact) mass is 307 g/mol. The standard InChI is InChI=1S/C16H17N7/c1-11-5-14-15(21(11)2)16(19-10-18-14)22-4-3-13(9-22)23-8-12(6-17)7-20-23/h5,7-8,10,13H,3-4,9H2,1-2H3. The van der Waals surface area contributed by atoms with Crippen molar-refractivity contribution < 1.29 is 0 Å². The molecule has 7 heteroatoms. The van der Waals surface area contributed by atoms with Gasteiger partial charge in [0.2, 0.25) is 0 Å². The van der Waals surface area contributed by atoms with Crippen molar-refractivity contribution >= 4 is 16.9 Å². The zero-order valence-corrected chi connectivity index (χ0v) is 13.1. The fourth-order valence-corrected chi connectivity index (χ4v) is 3.26. The second-order valence-electron chi connectivity index (χ2n) is 5.99. The van der Waals surface area contributed by atoms with Crippen LogP contribution in [0.1, 0.15) is 23.7 Å². The summed E-state index contributed by atoms with van der Waals surface area (Å²) in [4.78, 5) is 11.2. The van der Waals surface area contributed by atoms with E-state index in [0.29, 0.717) is 5.56 Å². The van der Waals surface area contributed by atoms with Crippen LogP contribution in [0.3, 0.4) is 0 Å². The highest BCUT2D eigenvalue weighted by molar-refractivity contribution is 5.87. The van der Waals surface area contributed by atoms with Crippen LogP contribution < -0.4 is 4.90 Å². The predicted octanol–water partition coefficient (Wildman–Crippen LogP) is 1.80. The first-order chi connectivity index (χ1) is 11.2. The second-order valence-corrected chi connectivity index (χ2v) is 5.99. The van der Waals surface area contributed by atoms with Crippen LogP contribution in [0.25, 0.3) is 11.0 Å².